The Bertz CT molecular complexity index is 441. The number of aromatic nitrogens is 5. The first kappa shape index (κ1) is 10.2. The number of hydrogen-bond acceptors (Lipinski definition) is 6. The van der Waals surface area contributed by atoms with E-state index in [1.165, 1.54) is 4.63 Å². The molecule has 0 aromatic carbocycles. The maximum absolute atomic E-state index is 4.22. The fourth-order valence-corrected chi connectivity index (χ4v) is 1.85. The number of nitrogens with zero attached hydrogens (tertiary/aromatic N) is 5. The van der Waals surface area contributed by atoms with Crippen molar-refractivity contribution in [1.82, 2.24) is 25.3 Å². The monoisotopic (exact) mass is 224 g/mol. The Kier molecular flexibility index (Phi) is 3.00. The minimum Gasteiger partial charge on any atom is -0.365 e. The zero-order valence-electron chi connectivity index (χ0n) is 8.58. The maximum atomic E-state index is 4.22. The lowest BCUT2D eigenvalue weighted by atomic mass is 10.4. The van der Waals surface area contributed by atoms with E-state index in [1.807, 2.05) is 12.1 Å². The normalized spacial score (nSPS) is 12.9. The van der Waals surface area contributed by atoms with Crippen molar-refractivity contribution in [3.63, 3.8) is 0 Å². The molecule has 80 valence electrons. The Hall–Kier alpha value is -1.37. The predicted molar refractivity (Wildman–Crippen MR) is 60.0 cm³/mol. The van der Waals surface area contributed by atoms with Crippen molar-refractivity contribution in [3.05, 3.63) is 12.1 Å². The minimum absolute atomic E-state index is 0.376. The van der Waals surface area contributed by atoms with Gasteiger partial charge in [-0.3, -0.25) is 0 Å². The summed E-state index contributed by atoms with van der Waals surface area (Å²) < 4.78 is 1.41. The second-order valence-corrected chi connectivity index (χ2v) is 4.16. The summed E-state index contributed by atoms with van der Waals surface area (Å²) in [6.45, 7) is 2.11. The lowest BCUT2D eigenvalue weighted by Gasteiger charge is -2.12. The van der Waals surface area contributed by atoms with Gasteiger partial charge in [0.1, 0.15) is 5.82 Å². The standard InChI is InChI=1S/C8H12N6S/c1-6(5-15-2)9-7-3-4-8-10-12-13-14(8)11-7/h3-4,6H,5H2,1-2H3,(H,9,11). The Morgan fingerprint density at radius 2 is 2.40 bits per heavy atom. The van der Waals surface area contributed by atoms with Crippen LogP contribution in [0.3, 0.4) is 0 Å². The van der Waals surface area contributed by atoms with Gasteiger partial charge >= 0.3 is 0 Å². The molecule has 6 nitrogen and oxygen atoms in total. The van der Waals surface area contributed by atoms with Gasteiger partial charge in [0, 0.05) is 11.8 Å². The highest BCUT2D eigenvalue weighted by atomic mass is 32.2. The number of hydrogen-bond donors (Lipinski definition) is 1. The third-order valence-electron chi connectivity index (χ3n) is 1.88. The van der Waals surface area contributed by atoms with Gasteiger partial charge in [0.15, 0.2) is 5.65 Å². The van der Waals surface area contributed by atoms with Crippen molar-refractivity contribution in [2.24, 2.45) is 0 Å². The average molecular weight is 224 g/mol. The van der Waals surface area contributed by atoms with E-state index in [0.29, 0.717) is 11.7 Å². The van der Waals surface area contributed by atoms with Crippen molar-refractivity contribution in [3.8, 4) is 0 Å². The topological polar surface area (TPSA) is 68.0 Å². The van der Waals surface area contributed by atoms with Crippen LogP contribution in [-0.2, 0) is 0 Å². The van der Waals surface area contributed by atoms with E-state index in [-0.39, 0.29) is 0 Å². The van der Waals surface area contributed by atoms with Gasteiger partial charge in [-0.2, -0.15) is 11.8 Å². The van der Waals surface area contributed by atoms with Gasteiger partial charge in [0.05, 0.1) is 0 Å². The third-order valence-corrected chi connectivity index (χ3v) is 2.71. The molecule has 15 heavy (non-hydrogen) atoms. The van der Waals surface area contributed by atoms with Crippen molar-refractivity contribution < 1.29 is 0 Å². The molecule has 2 aromatic heterocycles. The molecule has 1 N–H and O–H groups in total. The molecule has 2 heterocycles. The molecular weight excluding hydrogens is 212 g/mol. The summed E-state index contributed by atoms with van der Waals surface area (Å²) in [6.07, 6.45) is 2.08. The maximum Gasteiger partial charge on any atom is 0.200 e. The van der Waals surface area contributed by atoms with Crippen molar-refractivity contribution in [1.29, 1.82) is 0 Å². The second-order valence-electron chi connectivity index (χ2n) is 3.25. The van der Waals surface area contributed by atoms with E-state index < -0.39 is 0 Å². The molecule has 2 rings (SSSR count). The zero-order valence-corrected chi connectivity index (χ0v) is 9.40. The first-order chi connectivity index (χ1) is 7.29. The molecule has 0 fully saturated rings. The zero-order chi connectivity index (χ0) is 10.7. The molecule has 0 aliphatic heterocycles. The van der Waals surface area contributed by atoms with E-state index in [0.717, 1.165) is 11.6 Å². The highest BCUT2D eigenvalue weighted by Gasteiger charge is 2.04. The average Bonchev–Trinajstić information content (AvgIpc) is 2.65. The molecule has 0 radical (unpaired) electrons. The first-order valence-corrected chi connectivity index (χ1v) is 6.00. The van der Waals surface area contributed by atoms with E-state index in [9.17, 15) is 0 Å². The first-order valence-electron chi connectivity index (χ1n) is 4.60. The van der Waals surface area contributed by atoms with Crippen LogP contribution in [0.15, 0.2) is 12.1 Å². The summed E-state index contributed by atoms with van der Waals surface area (Å²) in [6, 6.07) is 4.09. The Balaban J connectivity index is 2.14. The highest BCUT2D eigenvalue weighted by molar-refractivity contribution is 7.98. The fourth-order valence-electron chi connectivity index (χ4n) is 1.27. The predicted octanol–water partition coefficient (Wildman–Crippen LogP) is 0.683. The number of tetrazole rings is 1. The van der Waals surface area contributed by atoms with E-state index in [2.05, 4.69) is 39.1 Å². The van der Waals surface area contributed by atoms with Gasteiger partial charge in [-0.15, -0.1) is 14.8 Å². The summed E-state index contributed by atoms with van der Waals surface area (Å²) in [7, 11) is 0. The van der Waals surface area contributed by atoms with E-state index >= 15 is 0 Å². The van der Waals surface area contributed by atoms with Crippen LogP contribution in [0.5, 0.6) is 0 Å². The van der Waals surface area contributed by atoms with Crippen LogP contribution in [0, 0.1) is 0 Å². The number of fused-ring (bicyclic) bond motifs is 1. The van der Waals surface area contributed by atoms with Crippen molar-refractivity contribution >= 4 is 23.2 Å². The fraction of sp³-hybridized carbons (Fsp3) is 0.500. The Morgan fingerprint density at radius 3 is 3.20 bits per heavy atom. The lowest BCUT2D eigenvalue weighted by Crippen LogP contribution is -2.19. The summed E-state index contributed by atoms with van der Waals surface area (Å²) in [5.41, 5.74) is 0.651. The minimum atomic E-state index is 0.376. The second kappa shape index (κ2) is 4.43. The number of anilines is 1. The summed E-state index contributed by atoms with van der Waals surface area (Å²) >= 11 is 1.80. The number of nitrogens with one attached hydrogen (secondary N) is 1. The SMILES string of the molecule is CSCC(C)Nc1ccc2nnnn2n1. The smallest absolute Gasteiger partial charge is 0.200 e. The molecule has 0 saturated heterocycles. The molecule has 0 aliphatic carbocycles. The molecule has 7 heteroatoms. The van der Waals surface area contributed by atoms with Crippen LogP contribution in [-0.4, -0.2) is 43.3 Å². The van der Waals surface area contributed by atoms with Gasteiger partial charge in [0.2, 0.25) is 0 Å². The van der Waals surface area contributed by atoms with Crippen LogP contribution >= 0.6 is 11.8 Å². The third kappa shape index (κ3) is 2.35. The molecule has 0 spiro atoms. The molecule has 0 amide bonds. The van der Waals surface area contributed by atoms with Gasteiger partial charge in [0.25, 0.3) is 0 Å². The highest BCUT2D eigenvalue weighted by Crippen LogP contribution is 2.07. The summed E-state index contributed by atoms with van der Waals surface area (Å²) in [4.78, 5) is 0. The molecule has 1 atom stereocenters. The van der Waals surface area contributed by atoms with E-state index in [4.69, 9.17) is 0 Å². The van der Waals surface area contributed by atoms with Crippen LogP contribution in [0.25, 0.3) is 5.65 Å². The molecule has 1 unspecified atom stereocenters. The van der Waals surface area contributed by atoms with Gasteiger partial charge in [-0.1, -0.05) is 0 Å². The van der Waals surface area contributed by atoms with Crippen LogP contribution < -0.4 is 5.32 Å². The Labute approximate surface area is 91.4 Å². The molecular formula is C8H12N6S. The molecule has 0 bridgehead atoms. The van der Waals surface area contributed by atoms with Gasteiger partial charge in [-0.05, 0) is 35.7 Å². The van der Waals surface area contributed by atoms with Gasteiger partial charge in [-0.25, -0.2) is 0 Å². The van der Waals surface area contributed by atoms with Crippen LogP contribution in [0.1, 0.15) is 6.92 Å². The van der Waals surface area contributed by atoms with Gasteiger partial charge < -0.3 is 5.32 Å². The molecule has 2 aromatic rings. The van der Waals surface area contributed by atoms with E-state index in [1.54, 1.807) is 11.8 Å². The lowest BCUT2D eigenvalue weighted by molar-refractivity contribution is 0.730. The molecule has 0 saturated carbocycles. The Morgan fingerprint density at radius 1 is 1.53 bits per heavy atom. The van der Waals surface area contributed by atoms with Crippen molar-refractivity contribution in [2.45, 2.75) is 13.0 Å². The van der Waals surface area contributed by atoms with Crippen LogP contribution in [0.2, 0.25) is 0 Å². The number of rotatable bonds is 4. The number of thioether (sulfide) groups is 1. The largest absolute Gasteiger partial charge is 0.365 e. The van der Waals surface area contributed by atoms with Crippen LogP contribution in [0.4, 0.5) is 5.82 Å². The van der Waals surface area contributed by atoms with Crippen molar-refractivity contribution in [2.75, 3.05) is 17.3 Å². The summed E-state index contributed by atoms with van der Waals surface area (Å²) in [5, 5.41) is 18.5. The summed E-state index contributed by atoms with van der Waals surface area (Å²) in [5.74, 6) is 1.83. The quantitative estimate of drug-likeness (QED) is 0.823. The molecule has 0 aliphatic rings.